The van der Waals surface area contributed by atoms with Crippen LogP contribution < -0.4 is 4.74 Å². The van der Waals surface area contributed by atoms with Gasteiger partial charge in [0.05, 0.1) is 18.1 Å². The second-order valence-electron chi connectivity index (χ2n) is 4.35. The van der Waals surface area contributed by atoms with E-state index in [1.807, 2.05) is 18.2 Å². The van der Waals surface area contributed by atoms with E-state index in [1.54, 1.807) is 25.3 Å². The summed E-state index contributed by atoms with van der Waals surface area (Å²) in [5.74, 6) is 1.16. The second-order valence-corrected chi connectivity index (χ2v) is 5.45. The lowest BCUT2D eigenvalue weighted by Gasteiger charge is -2.11. The highest BCUT2D eigenvalue weighted by molar-refractivity contribution is 7.99. The first-order valence-corrected chi connectivity index (χ1v) is 7.28. The number of non-ortho nitro benzene ring substituents is 1. The number of hydrogen-bond acceptors (Lipinski definition) is 5. The molecule has 0 radical (unpaired) electrons. The van der Waals surface area contributed by atoms with Gasteiger partial charge in [-0.05, 0) is 29.8 Å². The van der Waals surface area contributed by atoms with E-state index in [1.165, 1.54) is 23.9 Å². The number of thioether (sulfide) groups is 1. The Kier molecular flexibility index (Phi) is 5.19. The quantitative estimate of drug-likeness (QED) is 0.503. The number of nitrogens with zero attached hydrogens (tertiary/aromatic N) is 1. The highest BCUT2D eigenvalue weighted by Gasteiger charge is 2.10. The molecule has 0 saturated heterocycles. The maximum atomic E-state index is 10.6. The van der Waals surface area contributed by atoms with Gasteiger partial charge in [0.2, 0.25) is 0 Å². The van der Waals surface area contributed by atoms with Crippen LogP contribution in [-0.2, 0) is 0 Å². The third-order valence-electron chi connectivity index (χ3n) is 2.93. The molecule has 0 heterocycles. The third kappa shape index (κ3) is 4.21. The lowest BCUT2D eigenvalue weighted by Crippen LogP contribution is -2.00. The number of aliphatic hydroxyl groups excluding tert-OH is 1. The molecule has 0 bridgehead atoms. The van der Waals surface area contributed by atoms with E-state index in [2.05, 4.69) is 0 Å². The molecule has 0 aliphatic heterocycles. The number of nitro groups is 1. The topological polar surface area (TPSA) is 72.6 Å². The third-order valence-corrected chi connectivity index (χ3v) is 4.02. The van der Waals surface area contributed by atoms with E-state index in [0.29, 0.717) is 11.5 Å². The number of benzene rings is 2. The van der Waals surface area contributed by atoms with Gasteiger partial charge in [0, 0.05) is 22.8 Å². The Balaban J connectivity index is 1.96. The zero-order chi connectivity index (χ0) is 15.2. The molecule has 2 aromatic carbocycles. The molecule has 0 spiro atoms. The van der Waals surface area contributed by atoms with Crippen LogP contribution in [0.1, 0.15) is 11.7 Å². The van der Waals surface area contributed by atoms with Crippen LogP contribution >= 0.6 is 11.8 Å². The van der Waals surface area contributed by atoms with Gasteiger partial charge in [-0.15, -0.1) is 11.8 Å². The van der Waals surface area contributed by atoms with Crippen molar-refractivity contribution in [1.82, 2.24) is 0 Å². The summed E-state index contributed by atoms with van der Waals surface area (Å²) in [6.45, 7) is 0. The van der Waals surface area contributed by atoms with Gasteiger partial charge in [-0.3, -0.25) is 10.1 Å². The molecule has 1 N–H and O–H groups in total. The lowest BCUT2D eigenvalue weighted by atomic mass is 10.1. The molecule has 0 amide bonds. The number of methoxy groups -OCH3 is 1. The number of ether oxygens (including phenoxy) is 1. The Morgan fingerprint density at radius 1 is 1.29 bits per heavy atom. The van der Waals surface area contributed by atoms with Crippen LogP contribution in [0, 0.1) is 10.1 Å². The van der Waals surface area contributed by atoms with Crippen molar-refractivity contribution < 1.29 is 14.8 Å². The first-order valence-electron chi connectivity index (χ1n) is 6.29. The molecule has 1 atom stereocenters. The SMILES string of the molecule is COc1cccc(C(O)CSc2ccc([N+](=O)[O-])cc2)c1. The van der Waals surface area contributed by atoms with Crippen molar-refractivity contribution in [3.05, 3.63) is 64.2 Å². The van der Waals surface area contributed by atoms with E-state index >= 15 is 0 Å². The summed E-state index contributed by atoms with van der Waals surface area (Å²) in [7, 11) is 1.58. The highest BCUT2D eigenvalue weighted by Crippen LogP contribution is 2.27. The molecule has 0 fully saturated rings. The molecule has 2 rings (SSSR count). The van der Waals surface area contributed by atoms with E-state index in [0.717, 1.165) is 10.5 Å². The Labute approximate surface area is 126 Å². The predicted octanol–water partition coefficient (Wildman–Crippen LogP) is 3.43. The first kappa shape index (κ1) is 15.3. The van der Waals surface area contributed by atoms with E-state index in [4.69, 9.17) is 4.74 Å². The zero-order valence-electron chi connectivity index (χ0n) is 11.4. The van der Waals surface area contributed by atoms with Crippen LogP contribution in [0.3, 0.4) is 0 Å². The van der Waals surface area contributed by atoms with Gasteiger partial charge in [-0.1, -0.05) is 12.1 Å². The van der Waals surface area contributed by atoms with Crippen molar-refractivity contribution in [2.45, 2.75) is 11.0 Å². The lowest BCUT2D eigenvalue weighted by molar-refractivity contribution is -0.384. The number of nitro benzene ring substituents is 1. The van der Waals surface area contributed by atoms with Crippen molar-refractivity contribution in [2.75, 3.05) is 12.9 Å². The molecular weight excluding hydrogens is 290 g/mol. The standard InChI is InChI=1S/C15H15NO4S/c1-20-13-4-2-3-11(9-13)15(17)10-21-14-7-5-12(6-8-14)16(18)19/h2-9,15,17H,10H2,1H3. The maximum absolute atomic E-state index is 10.6. The number of rotatable bonds is 6. The smallest absolute Gasteiger partial charge is 0.269 e. The van der Waals surface area contributed by atoms with Crippen molar-refractivity contribution in [3.8, 4) is 5.75 Å². The fourth-order valence-electron chi connectivity index (χ4n) is 1.78. The van der Waals surface area contributed by atoms with Crippen LogP contribution in [0.25, 0.3) is 0 Å². The molecule has 5 nitrogen and oxygen atoms in total. The number of hydrogen-bond donors (Lipinski definition) is 1. The minimum Gasteiger partial charge on any atom is -0.497 e. The molecular formula is C15H15NO4S. The van der Waals surface area contributed by atoms with E-state index < -0.39 is 11.0 Å². The molecule has 0 aliphatic carbocycles. The summed E-state index contributed by atoms with van der Waals surface area (Å²) in [5, 5.41) is 20.7. The van der Waals surface area contributed by atoms with Gasteiger partial charge in [0.1, 0.15) is 5.75 Å². The predicted molar refractivity (Wildman–Crippen MR) is 81.8 cm³/mol. The van der Waals surface area contributed by atoms with E-state index in [-0.39, 0.29) is 5.69 Å². The van der Waals surface area contributed by atoms with Gasteiger partial charge in [0.15, 0.2) is 0 Å². The van der Waals surface area contributed by atoms with Crippen molar-refractivity contribution in [1.29, 1.82) is 0 Å². The minimum atomic E-state index is -0.625. The van der Waals surface area contributed by atoms with Crippen molar-refractivity contribution in [3.63, 3.8) is 0 Å². The van der Waals surface area contributed by atoms with Crippen LogP contribution in [-0.4, -0.2) is 22.9 Å². The fourth-order valence-corrected chi connectivity index (χ4v) is 2.66. The molecule has 0 aliphatic rings. The normalized spacial score (nSPS) is 11.9. The van der Waals surface area contributed by atoms with Crippen molar-refractivity contribution in [2.24, 2.45) is 0 Å². The van der Waals surface area contributed by atoms with Crippen LogP contribution in [0.4, 0.5) is 5.69 Å². The molecule has 1 unspecified atom stereocenters. The van der Waals surface area contributed by atoms with Gasteiger partial charge >= 0.3 is 0 Å². The molecule has 21 heavy (non-hydrogen) atoms. The zero-order valence-corrected chi connectivity index (χ0v) is 12.2. The maximum Gasteiger partial charge on any atom is 0.269 e. The Hall–Kier alpha value is -2.05. The summed E-state index contributed by atoms with van der Waals surface area (Å²) in [4.78, 5) is 11.0. The fraction of sp³-hybridized carbons (Fsp3) is 0.200. The summed E-state index contributed by atoms with van der Waals surface area (Å²) >= 11 is 1.44. The molecule has 110 valence electrons. The van der Waals surface area contributed by atoms with Gasteiger partial charge < -0.3 is 9.84 Å². The molecule has 2 aromatic rings. The molecule has 6 heteroatoms. The highest BCUT2D eigenvalue weighted by atomic mass is 32.2. The van der Waals surface area contributed by atoms with Crippen LogP contribution in [0.2, 0.25) is 0 Å². The minimum absolute atomic E-state index is 0.0627. The van der Waals surface area contributed by atoms with Crippen molar-refractivity contribution >= 4 is 17.4 Å². The monoisotopic (exact) mass is 305 g/mol. The largest absolute Gasteiger partial charge is 0.497 e. The van der Waals surface area contributed by atoms with Gasteiger partial charge in [-0.25, -0.2) is 0 Å². The number of aliphatic hydroxyl groups is 1. The Bertz CT molecular complexity index is 615. The summed E-state index contributed by atoms with van der Waals surface area (Å²) < 4.78 is 5.12. The molecule has 0 aromatic heterocycles. The van der Waals surface area contributed by atoms with Gasteiger partial charge in [-0.2, -0.15) is 0 Å². The van der Waals surface area contributed by atoms with E-state index in [9.17, 15) is 15.2 Å². The Morgan fingerprint density at radius 3 is 2.62 bits per heavy atom. The van der Waals surface area contributed by atoms with Crippen LogP contribution in [0.5, 0.6) is 5.75 Å². The van der Waals surface area contributed by atoms with Gasteiger partial charge in [0.25, 0.3) is 5.69 Å². The first-order chi connectivity index (χ1) is 10.1. The summed E-state index contributed by atoms with van der Waals surface area (Å²) in [5.41, 5.74) is 0.844. The molecule has 0 saturated carbocycles. The Morgan fingerprint density at radius 2 is 2.00 bits per heavy atom. The summed E-state index contributed by atoms with van der Waals surface area (Å²) in [6, 6.07) is 13.6. The average Bonchev–Trinajstić information content (AvgIpc) is 2.53. The second kappa shape index (κ2) is 7.10. The average molecular weight is 305 g/mol. The van der Waals surface area contributed by atoms with Crippen LogP contribution in [0.15, 0.2) is 53.4 Å². The summed E-state index contributed by atoms with van der Waals surface area (Å²) in [6.07, 6.45) is -0.625.